The molecule has 0 spiro atoms. The molecular formula is C19H18Cl2N4O3S. The summed E-state index contributed by atoms with van der Waals surface area (Å²) in [5.41, 5.74) is 0.821. The van der Waals surface area contributed by atoms with Crippen LogP contribution in [0.2, 0.25) is 10.0 Å². The van der Waals surface area contributed by atoms with Crippen LogP contribution in [0.25, 0.3) is 11.4 Å². The first kappa shape index (κ1) is 20.3. The smallest absolute Gasteiger partial charge is 0.243 e. The van der Waals surface area contributed by atoms with E-state index in [9.17, 15) is 8.42 Å². The highest BCUT2D eigenvalue weighted by Crippen LogP contribution is 2.22. The van der Waals surface area contributed by atoms with Gasteiger partial charge in [-0.05, 0) is 42.5 Å². The van der Waals surface area contributed by atoms with Gasteiger partial charge in [0, 0.05) is 41.8 Å². The topological polar surface area (TPSA) is 79.5 Å². The standard InChI is InChI=1S/C19H18Cl2N4O3S/c20-15-6-4-14(5-7-15)19-22-18(28-23-19)13-24-8-10-25(11-9-24)29(26,27)17-3-1-2-16(21)12-17/h1-7,12H,8-11,13H2. The second-order valence-corrected chi connectivity index (χ2v) is 9.47. The molecule has 7 nitrogen and oxygen atoms in total. The van der Waals surface area contributed by atoms with Crippen molar-refractivity contribution in [2.75, 3.05) is 26.2 Å². The minimum atomic E-state index is -3.56. The molecule has 0 unspecified atom stereocenters. The molecule has 1 aromatic heterocycles. The fourth-order valence-electron chi connectivity index (χ4n) is 3.13. The van der Waals surface area contributed by atoms with Crippen molar-refractivity contribution < 1.29 is 12.9 Å². The molecule has 29 heavy (non-hydrogen) atoms. The summed E-state index contributed by atoms with van der Waals surface area (Å²) < 4.78 is 32.4. The Kier molecular flexibility index (Phi) is 5.89. The van der Waals surface area contributed by atoms with Crippen LogP contribution in [-0.4, -0.2) is 53.9 Å². The number of nitrogens with zero attached hydrogens (tertiary/aromatic N) is 4. The van der Waals surface area contributed by atoms with Crippen molar-refractivity contribution in [3.05, 3.63) is 64.5 Å². The van der Waals surface area contributed by atoms with Gasteiger partial charge in [-0.1, -0.05) is 34.4 Å². The van der Waals surface area contributed by atoms with E-state index in [0.29, 0.717) is 54.5 Å². The third-order valence-corrected chi connectivity index (χ3v) is 7.08. The van der Waals surface area contributed by atoms with Crippen molar-refractivity contribution >= 4 is 33.2 Å². The van der Waals surface area contributed by atoms with Gasteiger partial charge >= 0.3 is 0 Å². The van der Waals surface area contributed by atoms with Crippen LogP contribution in [0.4, 0.5) is 0 Å². The second kappa shape index (κ2) is 8.41. The zero-order chi connectivity index (χ0) is 20.4. The number of hydrogen-bond donors (Lipinski definition) is 0. The third kappa shape index (κ3) is 4.62. The van der Waals surface area contributed by atoms with E-state index in [1.807, 2.05) is 12.1 Å². The van der Waals surface area contributed by atoms with Gasteiger partial charge in [-0.3, -0.25) is 4.90 Å². The zero-order valence-electron chi connectivity index (χ0n) is 15.3. The minimum absolute atomic E-state index is 0.211. The van der Waals surface area contributed by atoms with Crippen molar-refractivity contribution in [2.45, 2.75) is 11.4 Å². The highest BCUT2D eigenvalue weighted by Gasteiger charge is 2.29. The average Bonchev–Trinajstić information content (AvgIpc) is 3.17. The first-order valence-corrected chi connectivity index (χ1v) is 11.2. The Morgan fingerprint density at radius 1 is 0.966 bits per heavy atom. The third-order valence-electron chi connectivity index (χ3n) is 4.69. The molecular weight excluding hydrogens is 435 g/mol. The quantitative estimate of drug-likeness (QED) is 0.588. The lowest BCUT2D eigenvalue weighted by Gasteiger charge is -2.33. The van der Waals surface area contributed by atoms with E-state index in [-0.39, 0.29) is 4.90 Å². The molecule has 0 atom stereocenters. The molecule has 1 saturated heterocycles. The van der Waals surface area contributed by atoms with Crippen LogP contribution in [0.5, 0.6) is 0 Å². The Balaban J connectivity index is 1.37. The summed E-state index contributed by atoms with van der Waals surface area (Å²) in [6.45, 7) is 2.36. The first-order chi connectivity index (χ1) is 13.9. The number of halogens is 2. The van der Waals surface area contributed by atoms with Crippen molar-refractivity contribution in [2.24, 2.45) is 0 Å². The molecule has 4 rings (SSSR count). The van der Waals surface area contributed by atoms with Crippen molar-refractivity contribution in [3.8, 4) is 11.4 Å². The van der Waals surface area contributed by atoms with Crippen molar-refractivity contribution in [1.29, 1.82) is 0 Å². The van der Waals surface area contributed by atoms with Gasteiger partial charge in [-0.2, -0.15) is 9.29 Å². The van der Waals surface area contributed by atoms with E-state index in [0.717, 1.165) is 5.56 Å². The molecule has 0 N–H and O–H groups in total. The molecule has 0 radical (unpaired) electrons. The van der Waals surface area contributed by atoms with Crippen LogP contribution >= 0.6 is 23.2 Å². The van der Waals surface area contributed by atoms with Crippen LogP contribution in [0.3, 0.4) is 0 Å². The molecule has 0 saturated carbocycles. The predicted molar refractivity (Wildman–Crippen MR) is 110 cm³/mol. The summed E-state index contributed by atoms with van der Waals surface area (Å²) in [6.07, 6.45) is 0. The maximum absolute atomic E-state index is 12.8. The number of aromatic nitrogens is 2. The number of benzene rings is 2. The van der Waals surface area contributed by atoms with Gasteiger partial charge < -0.3 is 4.52 Å². The Morgan fingerprint density at radius 3 is 2.38 bits per heavy atom. The first-order valence-electron chi connectivity index (χ1n) is 8.98. The SMILES string of the molecule is O=S(=O)(c1cccc(Cl)c1)N1CCN(Cc2nc(-c3ccc(Cl)cc3)no2)CC1. The molecule has 152 valence electrons. The van der Waals surface area contributed by atoms with Crippen molar-refractivity contribution in [3.63, 3.8) is 0 Å². The molecule has 1 fully saturated rings. The van der Waals surface area contributed by atoms with Crippen LogP contribution in [0, 0.1) is 0 Å². The van der Waals surface area contributed by atoms with Crippen LogP contribution in [0.15, 0.2) is 57.9 Å². The fraction of sp³-hybridized carbons (Fsp3) is 0.263. The highest BCUT2D eigenvalue weighted by atomic mass is 35.5. The number of sulfonamides is 1. The molecule has 3 aromatic rings. The maximum atomic E-state index is 12.8. The summed E-state index contributed by atoms with van der Waals surface area (Å²) in [6, 6.07) is 13.5. The van der Waals surface area contributed by atoms with Crippen LogP contribution in [-0.2, 0) is 16.6 Å². The van der Waals surface area contributed by atoms with E-state index in [1.165, 1.54) is 10.4 Å². The summed E-state index contributed by atoms with van der Waals surface area (Å²) in [5, 5.41) is 5.05. The molecule has 0 bridgehead atoms. The number of hydrogen-bond acceptors (Lipinski definition) is 6. The lowest BCUT2D eigenvalue weighted by atomic mass is 10.2. The summed E-state index contributed by atoms with van der Waals surface area (Å²) in [5.74, 6) is 0.986. The van der Waals surface area contributed by atoms with Crippen molar-refractivity contribution in [1.82, 2.24) is 19.3 Å². The lowest BCUT2D eigenvalue weighted by molar-refractivity contribution is 0.163. The van der Waals surface area contributed by atoms with E-state index < -0.39 is 10.0 Å². The normalized spacial score (nSPS) is 16.2. The van der Waals surface area contributed by atoms with E-state index in [1.54, 1.807) is 30.3 Å². The predicted octanol–water partition coefficient (Wildman–Crippen LogP) is 3.55. The number of piperazine rings is 1. The second-order valence-electron chi connectivity index (χ2n) is 6.66. The Bertz CT molecular complexity index is 1090. The molecule has 1 aliphatic rings. The Morgan fingerprint density at radius 2 is 1.69 bits per heavy atom. The Labute approximate surface area is 178 Å². The molecule has 0 aliphatic carbocycles. The molecule has 1 aliphatic heterocycles. The van der Waals surface area contributed by atoms with Gasteiger partial charge in [0.25, 0.3) is 0 Å². The maximum Gasteiger partial charge on any atom is 0.243 e. The largest absolute Gasteiger partial charge is 0.338 e. The van der Waals surface area contributed by atoms with E-state index in [4.69, 9.17) is 27.7 Å². The van der Waals surface area contributed by atoms with E-state index >= 15 is 0 Å². The van der Waals surface area contributed by atoms with Gasteiger partial charge in [0.05, 0.1) is 11.4 Å². The molecule has 0 amide bonds. The lowest BCUT2D eigenvalue weighted by Crippen LogP contribution is -2.48. The van der Waals surface area contributed by atoms with Crippen LogP contribution in [0.1, 0.15) is 5.89 Å². The molecule has 2 aromatic carbocycles. The summed E-state index contributed by atoms with van der Waals surface area (Å²) >= 11 is 11.8. The molecule has 10 heteroatoms. The summed E-state index contributed by atoms with van der Waals surface area (Å²) in [7, 11) is -3.56. The molecule has 2 heterocycles. The average molecular weight is 453 g/mol. The fourth-order valence-corrected chi connectivity index (χ4v) is 4.98. The zero-order valence-corrected chi connectivity index (χ0v) is 17.7. The van der Waals surface area contributed by atoms with Gasteiger partial charge in [0.15, 0.2) is 0 Å². The highest BCUT2D eigenvalue weighted by molar-refractivity contribution is 7.89. The Hall–Kier alpha value is -1.97. The van der Waals surface area contributed by atoms with Gasteiger partial charge in [0.1, 0.15) is 0 Å². The van der Waals surface area contributed by atoms with E-state index in [2.05, 4.69) is 15.0 Å². The van der Waals surface area contributed by atoms with Gasteiger partial charge in [-0.25, -0.2) is 8.42 Å². The minimum Gasteiger partial charge on any atom is -0.338 e. The monoisotopic (exact) mass is 452 g/mol. The van der Waals surface area contributed by atoms with Crippen LogP contribution < -0.4 is 0 Å². The van der Waals surface area contributed by atoms with Gasteiger partial charge in [0.2, 0.25) is 21.7 Å². The number of rotatable bonds is 5. The van der Waals surface area contributed by atoms with Gasteiger partial charge in [-0.15, -0.1) is 0 Å². The summed E-state index contributed by atoms with van der Waals surface area (Å²) in [4.78, 5) is 6.72.